The lowest BCUT2D eigenvalue weighted by atomic mass is 10.2. The second-order valence-corrected chi connectivity index (χ2v) is 3.25. The molecular formula is C10H17NO4. The van der Waals surface area contributed by atoms with Crippen LogP contribution in [0.15, 0.2) is 12.7 Å². The molecule has 0 aromatic heterocycles. The number of rotatable bonds is 7. The third kappa shape index (κ3) is 5.85. The lowest BCUT2D eigenvalue weighted by molar-refractivity contribution is -0.141. The molecule has 1 amide bonds. The van der Waals surface area contributed by atoms with Crippen LogP contribution in [0, 0.1) is 5.92 Å². The van der Waals surface area contributed by atoms with E-state index in [9.17, 15) is 9.59 Å². The van der Waals surface area contributed by atoms with Gasteiger partial charge in [-0.1, -0.05) is 13.0 Å². The first-order valence-corrected chi connectivity index (χ1v) is 4.72. The molecule has 2 N–H and O–H groups in total. The molecule has 0 aromatic carbocycles. The zero-order valence-electron chi connectivity index (χ0n) is 9.03. The van der Waals surface area contributed by atoms with E-state index in [1.54, 1.807) is 13.0 Å². The number of carbonyl (C=O) groups excluding carboxylic acids is 1. The third-order valence-electron chi connectivity index (χ3n) is 1.84. The largest absolute Gasteiger partial charge is 0.481 e. The predicted molar refractivity (Wildman–Crippen MR) is 55.4 cm³/mol. The van der Waals surface area contributed by atoms with Crippen molar-refractivity contribution in [3.05, 3.63) is 12.7 Å². The second kappa shape index (κ2) is 7.00. The number of carbonyl (C=O) groups is 2. The molecule has 0 heterocycles. The molecule has 0 aliphatic rings. The van der Waals surface area contributed by atoms with Crippen LogP contribution in [0.4, 0.5) is 0 Å². The molecule has 0 aromatic rings. The van der Waals surface area contributed by atoms with Gasteiger partial charge in [0.1, 0.15) is 6.10 Å². The zero-order chi connectivity index (χ0) is 11.8. The highest BCUT2D eigenvalue weighted by Crippen LogP contribution is 1.94. The summed E-state index contributed by atoms with van der Waals surface area (Å²) in [6, 6.07) is 0. The normalized spacial score (nSPS) is 14.0. The van der Waals surface area contributed by atoms with Crippen molar-refractivity contribution in [3.8, 4) is 0 Å². The van der Waals surface area contributed by atoms with E-state index in [1.807, 2.05) is 0 Å². The standard InChI is InChI=1S/C10H17NO4/c1-4-5-15-8(3)9(12)11-6-7(2)10(13)14/h4,7-8H,1,5-6H2,2-3H3,(H,11,12)(H,13,14). The van der Waals surface area contributed by atoms with Crippen molar-refractivity contribution in [2.45, 2.75) is 20.0 Å². The Morgan fingerprint density at radius 1 is 1.53 bits per heavy atom. The Labute approximate surface area is 89.1 Å². The van der Waals surface area contributed by atoms with Crippen molar-refractivity contribution >= 4 is 11.9 Å². The Kier molecular flexibility index (Phi) is 6.37. The Morgan fingerprint density at radius 3 is 2.60 bits per heavy atom. The van der Waals surface area contributed by atoms with Crippen molar-refractivity contribution in [2.24, 2.45) is 5.92 Å². The van der Waals surface area contributed by atoms with E-state index in [0.29, 0.717) is 6.61 Å². The predicted octanol–water partition coefficient (Wildman–Crippen LogP) is 0.414. The summed E-state index contributed by atoms with van der Waals surface area (Å²) in [6.07, 6.45) is 0.952. The molecule has 2 unspecified atom stereocenters. The maximum Gasteiger partial charge on any atom is 0.308 e. The minimum Gasteiger partial charge on any atom is -0.481 e. The van der Waals surface area contributed by atoms with Crippen LogP contribution >= 0.6 is 0 Å². The molecule has 0 saturated heterocycles. The SMILES string of the molecule is C=CCOC(C)C(=O)NCC(C)C(=O)O. The first-order chi connectivity index (χ1) is 6.99. The Balaban J connectivity index is 3.82. The fourth-order valence-electron chi connectivity index (χ4n) is 0.773. The molecule has 0 spiro atoms. The Hall–Kier alpha value is -1.36. The highest BCUT2D eigenvalue weighted by Gasteiger charge is 2.16. The average molecular weight is 215 g/mol. The molecule has 86 valence electrons. The lowest BCUT2D eigenvalue weighted by Gasteiger charge is -2.13. The monoisotopic (exact) mass is 215 g/mol. The van der Waals surface area contributed by atoms with Gasteiger partial charge in [-0.3, -0.25) is 9.59 Å². The first kappa shape index (κ1) is 13.6. The number of hydrogen-bond acceptors (Lipinski definition) is 3. The maximum atomic E-state index is 11.3. The summed E-state index contributed by atoms with van der Waals surface area (Å²) in [6.45, 7) is 6.98. The summed E-state index contributed by atoms with van der Waals surface area (Å²) in [7, 11) is 0. The van der Waals surface area contributed by atoms with Crippen LogP contribution in [-0.2, 0) is 14.3 Å². The van der Waals surface area contributed by atoms with Gasteiger partial charge in [-0.25, -0.2) is 0 Å². The van der Waals surface area contributed by atoms with Crippen molar-refractivity contribution in [2.75, 3.05) is 13.2 Å². The molecule has 0 saturated carbocycles. The highest BCUT2D eigenvalue weighted by atomic mass is 16.5. The van der Waals surface area contributed by atoms with E-state index in [4.69, 9.17) is 9.84 Å². The quantitative estimate of drug-likeness (QED) is 0.603. The molecule has 0 aliphatic heterocycles. The number of aliphatic carboxylic acids is 1. The Bertz CT molecular complexity index is 240. The van der Waals surface area contributed by atoms with Gasteiger partial charge in [-0.2, -0.15) is 0 Å². The van der Waals surface area contributed by atoms with Gasteiger partial charge in [0.25, 0.3) is 0 Å². The van der Waals surface area contributed by atoms with Gasteiger partial charge in [0.2, 0.25) is 5.91 Å². The molecule has 0 fully saturated rings. The highest BCUT2D eigenvalue weighted by molar-refractivity contribution is 5.81. The molecule has 0 bridgehead atoms. The summed E-state index contributed by atoms with van der Waals surface area (Å²) in [5.74, 6) is -1.85. The van der Waals surface area contributed by atoms with Crippen LogP contribution in [-0.4, -0.2) is 36.2 Å². The Morgan fingerprint density at radius 2 is 2.13 bits per heavy atom. The van der Waals surface area contributed by atoms with Crippen LogP contribution < -0.4 is 5.32 Å². The summed E-state index contributed by atoms with van der Waals surface area (Å²) < 4.78 is 5.07. The van der Waals surface area contributed by atoms with E-state index in [-0.39, 0.29) is 12.5 Å². The van der Waals surface area contributed by atoms with Gasteiger partial charge < -0.3 is 15.2 Å². The van der Waals surface area contributed by atoms with E-state index in [1.165, 1.54) is 6.92 Å². The number of nitrogens with one attached hydrogen (secondary N) is 1. The number of carboxylic acids is 1. The average Bonchev–Trinajstić information content (AvgIpc) is 2.21. The van der Waals surface area contributed by atoms with Crippen molar-refractivity contribution in [1.82, 2.24) is 5.32 Å². The first-order valence-electron chi connectivity index (χ1n) is 4.72. The van der Waals surface area contributed by atoms with Crippen LogP contribution in [0.25, 0.3) is 0 Å². The fourth-order valence-corrected chi connectivity index (χ4v) is 0.773. The smallest absolute Gasteiger partial charge is 0.308 e. The van der Waals surface area contributed by atoms with E-state index < -0.39 is 18.0 Å². The topological polar surface area (TPSA) is 75.6 Å². The summed E-state index contributed by atoms with van der Waals surface area (Å²) >= 11 is 0. The van der Waals surface area contributed by atoms with Gasteiger partial charge in [0.05, 0.1) is 12.5 Å². The molecular weight excluding hydrogens is 198 g/mol. The summed E-state index contributed by atoms with van der Waals surface area (Å²) in [5.41, 5.74) is 0. The summed E-state index contributed by atoms with van der Waals surface area (Å²) in [5, 5.41) is 11.1. The molecule has 0 radical (unpaired) electrons. The van der Waals surface area contributed by atoms with Crippen LogP contribution in [0.5, 0.6) is 0 Å². The molecule has 5 heteroatoms. The molecule has 2 atom stereocenters. The van der Waals surface area contributed by atoms with Gasteiger partial charge in [-0.15, -0.1) is 6.58 Å². The van der Waals surface area contributed by atoms with Crippen LogP contribution in [0.1, 0.15) is 13.8 Å². The van der Waals surface area contributed by atoms with Gasteiger partial charge >= 0.3 is 5.97 Å². The fraction of sp³-hybridized carbons (Fsp3) is 0.600. The summed E-state index contributed by atoms with van der Waals surface area (Å²) in [4.78, 5) is 21.8. The molecule has 0 aliphatic carbocycles. The van der Waals surface area contributed by atoms with Gasteiger partial charge in [-0.05, 0) is 6.92 Å². The lowest BCUT2D eigenvalue weighted by Crippen LogP contribution is -2.38. The molecule has 5 nitrogen and oxygen atoms in total. The number of ether oxygens (including phenoxy) is 1. The molecule has 0 rings (SSSR count). The maximum absolute atomic E-state index is 11.3. The van der Waals surface area contributed by atoms with Gasteiger partial charge in [0.15, 0.2) is 0 Å². The second-order valence-electron chi connectivity index (χ2n) is 3.25. The van der Waals surface area contributed by atoms with Crippen molar-refractivity contribution < 1.29 is 19.4 Å². The van der Waals surface area contributed by atoms with E-state index >= 15 is 0 Å². The third-order valence-corrected chi connectivity index (χ3v) is 1.84. The van der Waals surface area contributed by atoms with Crippen molar-refractivity contribution in [3.63, 3.8) is 0 Å². The minimum atomic E-state index is -0.935. The minimum absolute atomic E-state index is 0.107. The van der Waals surface area contributed by atoms with Crippen LogP contribution in [0.3, 0.4) is 0 Å². The zero-order valence-corrected chi connectivity index (χ0v) is 9.03. The number of amides is 1. The van der Waals surface area contributed by atoms with E-state index in [2.05, 4.69) is 11.9 Å². The van der Waals surface area contributed by atoms with E-state index in [0.717, 1.165) is 0 Å². The van der Waals surface area contributed by atoms with Crippen molar-refractivity contribution in [1.29, 1.82) is 0 Å². The van der Waals surface area contributed by atoms with Gasteiger partial charge in [0, 0.05) is 6.54 Å². The molecule has 15 heavy (non-hydrogen) atoms. The number of carboxylic acid groups (broad SMARTS) is 1. The number of hydrogen-bond donors (Lipinski definition) is 2. The van der Waals surface area contributed by atoms with Crippen LogP contribution in [0.2, 0.25) is 0 Å².